The average molecular weight is 385 g/mol. The summed E-state index contributed by atoms with van der Waals surface area (Å²) >= 11 is 0. The number of carbonyl (C=O) groups is 1. The van der Waals surface area contributed by atoms with Gasteiger partial charge in [0.05, 0.1) is 6.54 Å². The molecule has 0 spiro atoms. The average Bonchev–Trinajstić information content (AvgIpc) is 2.75. The molecule has 0 N–H and O–H groups in total. The summed E-state index contributed by atoms with van der Waals surface area (Å²) in [5.74, 6) is 0.315. The number of anilines is 1. The van der Waals surface area contributed by atoms with E-state index >= 15 is 0 Å². The SMILES string of the molecule is Cc1ccccc1N1CCN(C(=O)CN2CCN(C3CCCCC3)CC2)CC1. The number of piperazine rings is 2. The zero-order valence-electron chi connectivity index (χ0n) is 17.5. The first-order chi connectivity index (χ1) is 13.7. The molecule has 1 aromatic carbocycles. The van der Waals surface area contributed by atoms with E-state index in [1.807, 2.05) is 0 Å². The highest BCUT2D eigenvalue weighted by molar-refractivity contribution is 5.78. The monoisotopic (exact) mass is 384 g/mol. The van der Waals surface area contributed by atoms with Gasteiger partial charge in [-0.3, -0.25) is 14.6 Å². The molecule has 1 aromatic rings. The number of rotatable bonds is 4. The lowest BCUT2D eigenvalue weighted by Gasteiger charge is -2.41. The van der Waals surface area contributed by atoms with Crippen molar-refractivity contribution >= 4 is 11.6 Å². The minimum Gasteiger partial charge on any atom is -0.368 e. The Labute approximate surface area is 170 Å². The molecule has 0 aromatic heterocycles. The lowest BCUT2D eigenvalue weighted by molar-refractivity contribution is -0.133. The van der Waals surface area contributed by atoms with Crippen LogP contribution in [0.2, 0.25) is 0 Å². The molecule has 3 fully saturated rings. The molecule has 154 valence electrons. The number of hydrogen-bond donors (Lipinski definition) is 0. The second-order valence-corrected chi connectivity index (χ2v) is 8.76. The zero-order valence-corrected chi connectivity index (χ0v) is 17.5. The van der Waals surface area contributed by atoms with Gasteiger partial charge in [0.25, 0.3) is 0 Å². The van der Waals surface area contributed by atoms with E-state index in [2.05, 4.69) is 50.8 Å². The van der Waals surface area contributed by atoms with Crippen molar-refractivity contribution in [3.8, 4) is 0 Å². The Morgan fingerprint density at radius 2 is 1.57 bits per heavy atom. The Morgan fingerprint density at radius 3 is 2.25 bits per heavy atom. The third-order valence-electron chi connectivity index (χ3n) is 6.95. The highest BCUT2D eigenvalue weighted by Gasteiger charge is 2.28. The molecule has 2 saturated heterocycles. The van der Waals surface area contributed by atoms with Crippen LogP contribution in [-0.4, -0.2) is 85.6 Å². The Morgan fingerprint density at radius 1 is 0.893 bits per heavy atom. The molecule has 0 unspecified atom stereocenters. The van der Waals surface area contributed by atoms with Crippen molar-refractivity contribution in [1.29, 1.82) is 0 Å². The molecule has 5 nitrogen and oxygen atoms in total. The Kier molecular flexibility index (Phi) is 6.53. The second kappa shape index (κ2) is 9.27. The standard InChI is InChI=1S/C23H36N4O/c1-20-7-5-6-10-22(20)26-15-17-27(18-16-26)23(28)19-24-11-13-25(14-12-24)21-8-3-2-4-9-21/h5-7,10,21H,2-4,8-9,11-19H2,1H3. The van der Waals surface area contributed by atoms with E-state index in [4.69, 9.17) is 0 Å². The largest absolute Gasteiger partial charge is 0.368 e. The predicted octanol–water partition coefficient (Wildman–Crippen LogP) is 2.59. The molecule has 28 heavy (non-hydrogen) atoms. The maximum Gasteiger partial charge on any atom is 0.236 e. The van der Waals surface area contributed by atoms with E-state index in [0.717, 1.165) is 58.4 Å². The summed E-state index contributed by atoms with van der Waals surface area (Å²) < 4.78 is 0. The van der Waals surface area contributed by atoms with Crippen LogP contribution in [0, 0.1) is 6.92 Å². The summed E-state index contributed by atoms with van der Waals surface area (Å²) in [6.45, 7) is 10.7. The first-order valence-corrected chi connectivity index (χ1v) is 11.3. The number of para-hydroxylation sites is 1. The van der Waals surface area contributed by atoms with E-state index in [1.165, 1.54) is 43.4 Å². The van der Waals surface area contributed by atoms with Gasteiger partial charge >= 0.3 is 0 Å². The molecule has 5 heteroatoms. The van der Waals surface area contributed by atoms with Gasteiger partial charge in [0.15, 0.2) is 0 Å². The molecule has 1 amide bonds. The van der Waals surface area contributed by atoms with Crippen molar-refractivity contribution in [2.75, 3.05) is 63.8 Å². The molecule has 0 bridgehead atoms. The van der Waals surface area contributed by atoms with Crippen molar-refractivity contribution in [2.24, 2.45) is 0 Å². The van der Waals surface area contributed by atoms with Crippen molar-refractivity contribution in [1.82, 2.24) is 14.7 Å². The summed E-state index contributed by atoms with van der Waals surface area (Å²) in [5, 5.41) is 0. The van der Waals surface area contributed by atoms with Crippen LogP contribution >= 0.6 is 0 Å². The highest BCUT2D eigenvalue weighted by Crippen LogP contribution is 2.24. The first-order valence-electron chi connectivity index (χ1n) is 11.3. The number of aryl methyl sites for hydroxylation is 1. The lowest BCUT2D eigenvalue weighted by atomic mass is 9.94. The van der Waals surface area contributed by atoms with Gasteiger partial charge in [0.2, 0.25) is 5.91 Å². The molecular formula is C23H36N4O. The minimum atomic E-state index is 0.315. The Bertz CT molecular complexity index is 642. The summed E-state index contributed by atoms with van der Waals surface area (Å²) in [7, 11) is 0. The highest BCUT2D eigenvalue weighted by atomic mass is 16.2. The van der Waals surface area contributed by atoms with Gasteiger partial charge in [-0.15, -0.1) is 0 Å². The van der Waals surface area contributed by atoms with Crippen LogP contribution < -0.4 is 4.90 Å². The van der Waals surface area contributed by atoms with Gasteiger partial charge in [0.1, 0.15) is 0 Å². The summed E-state index contributed by atoms with van der Waals surface area (Å²) in [4.78, 5) is 22.4. The quantitative estimate of drug-likeness (QED) is 0.798. The van der Waals surface area contributed by atoms with Gasteiger partial charge < -0.3 is 9.80 Å². The van der Waals surface area contributed by atoms with Gasteiger partial charge in [-0.25, -0.2) is 0 Å². The fourth-order valence-electron chi connectivity index (χ4n) is 5.14. The Balaban J connectivity index is 1.20. The minimum absolute atomic E-state index is 0.315. The van der Waals surface area contributed by atoms with Crippen molar-refractivity contribution < 1.29 is 4.79 Å². The summed E-state index contributed by atoms with van der Waals surface area (Å²) in [6.07, 6.45) is 6.98. The van der Waals surface area contributed by atoms with Crippen LogP contribution in [0.3, 0.4) is 0 Å². The van der Waals surface area contributed by atoms with Crippen LogP contribution in [0.1, 0.15) is 37.7 Å². The van der Waals surface area contributed by atoms with Crippen LogP contribution in [0.5, 0.6) is 0 Å². The Hall–Kier alpha value is -1.59. The van der Waals surface area contributed by atoms with Crippen LogP contribution in [0.25, 0.3) is 0 Å². The van der Waals surface area contributed by atoms with Crippen molar-refractivity contribution in [2.45, 2.75) is 45.1 Å². The molecule has 3 aliphatic rings. The maximum atomic E-state index is 12.8. The molecule has 2 heterocycles. The molecule has 0 radical (unpaired) electrons. The van der Waals surface area contributed by atoms with E-state index < -0.39 is 0 Å². The van der Waals surface area contributed by atoms with E-state index in [1.54, 1.807) is 0 Å². The third-order valence-corrected chi connectivity index (χ3v) is 6.95. The molecule has 4 rings (SSSR count). The molecule has 0 atom stereocenters. The number of carbonyl (C=O) groups excluding carboxylic acids is 1. The lowest BCUT2D eigenvalue weighted by Crippen LogP contribution is -2.55. The van der Waals surface area contributed by atoms with Gasteiger partial charge in [-0.05, 0) is 31.4 Å². The topological polar surface area (TPSA) is 30.0 Å². The van der Waals surface area contributed by atoms with Crippen molar-refractivity contribution in [3.05, 3.63) is 29.8 Å². The number of hydrogen-bond acceptors (Lipinski definition) is 4. The number of nitrogens with zero attached hydrogens (tertiary/aromatic N) is 4. The molecule has 2 aliphatic heterocycles. The normalized spacial score (nSPS) is 23.2. The second-order valence-electron chi connectivity index (χ2n) is 8.76. The number of amides is 1. The zero-order chi connectivity index (χ0) is 19.3. The predicted molar refractivity (Wildman–Crippen MR) is 115 cm³/mol. The fraction of sp³-hybridized carbons (Fsp3) is 0.696. The van der Waals surface area contributed by atoms with Crippen LogP contribution in [-0.2, 0) is 4.79 Å². The maximum absolute atomic E-state index is 12.8. The smallest absolute Gasteiger partial charge is 0.236 e. The van der Waals surface area contributed by atoms with E-state index in [0.29, 0.717) is 12.5 Å². The first kappa shape index (κ1) is 19.7. The van der Waals surface area contributed by atoms with Gasteiger partial charge in [-0.1, -0.05) is 37.5 Å². The van der Waals surface area contributed by atoms with Gasteiger partial charge in [0, 0.05) is 64.1 Å². The van der Waals surface area contributed by atoms with Crippen LogP contribution in [0.4, 0.5) is 5.69 Å². The van der Waals surface area contributed by atoms with Gasteiger partial charge in [-0.2, -0.15) is 0 Å². The molecular weight excluding hydrogens is 348 g/mol. The summed E-state index contributed by atoms with van der Waals surface area (Å²) in [5.41, 5.74) is 2.63. The molecule has 1 aliphatic carbocycles. The van der Waals surface area contributed by atoms with E-state index in [-0.39, 0.29) is 0 Å². The van der Waals surface area contributed by atoms with Crippen LogP contribution in [0.15, 0.2) is 24.3 Å². The number of benzene rings is 1. The van der Waals surface area contributed by atoms with E-state index in [9.17, 15) is 4.79 Å². The third kappa shape index (κ3) is 4.69. The summed E-state index contributed by atoms with van der Waals surface area (Å²) in [6, 6.07) is 9.36. The fourth-order valence-corrected chi connectivity index (χ4v) is 5.14. The molecule has 1 saturated carbocycles. The van der Waals surface area contributed by atoms with Crippen molar-refractivity contribution in [3.63, 3.8) is 0 Å².